The SMILES string of the molecule is CCOc1cc(/C=C2\C(=O)NC(=O)N(c3ccc(OCc4ccc(Cl)cc4)cc3)C2=O)cc(Br)c1OS(=O)(=O)c1ccc(C)cc1. The Labute approximate surface area is 278 Å². The number of imide groups is 2. The summed E-state index contributed by atoms with van der Waals surface area (Å²) in [4.78, 5) is 39.8. The minimum absolute atomic E-state index is 0.0465. The van der Waals surface area contributed by atoms with E-state index in [4.69, 9.17) is 25.3 Å². The van der Waals surface area contributed by atoms with E-state index < -0.39 is 28.0 Å². The maximum atomic E-state index is 13.5. The van der Waals surface area contributed by atoms with Crippen LogP contribution in [0.1, 0.15) is 23.6 Å². The average molecular weight is 726 g/mol. The van der Waals surface area contributed by atoms with Gasteiger partial charge in [-0.3, -0.25) is 14.9 Å². The Bertz CT molecular complexity index is 1950. The molecule has 46 heavy (non-hydrogen) atoms. The van der Waals surface area contributed by atoms with Crippen LogP contribution in [0.2, 0.25) is 5.02 Å². The average Bonchev–Trinajstić information content (AvgIpc) is 3.01. The lowest BCUT2D eigenvalue weighted by atomic mass is 10.1. The molecule has 236 valence electrons. The summed E-state index contributed by atoms with van der Waals surface area (Å²) in [5.41, 5.74) is 1.96. The number of amides is 4. The van der Waals surface area contributed by atoms with E-state index in [2.05, 4.69) is 21.2 Å². The molecule has 0 bridgehead atoms. The summed E-state index contributed by atoms with van der Waals surface area (Å²) in [5, 5.41) is 2.80. The molecule has 5 rings (SSSR count). The van der Waals surface area contributed by atoms with Crippen molar-refractivity contribution in [2.75, 3.05) is 11.5 Å². The lowest BCUT2D eigenvalue weighted by Crippen LogP contribution is -2.54. The van der Waals surface area contributed by atoms with Gasteiger partial charge in [0.1, 0.15) is 22.8 Å². The predicted molar refractivity (Wildman–Crippen MR) is 176 cm³/mol. The largest absolute Gasteiger partial charge is 0.490 e. The summed E-state index contributed by atoms with van der Waals surface area (Å²) in [7, 11) is -4.22. The second-order valence-electron chi connectivity index (χ2n) is 9.98. The van der Waals surface area contributed by atoms with Crippen LogP contribution in [0, 0.1) is 6.92 Å². The Morgan fingerprint density at radius 1 is 0.913 bits per heavy atom. The number of benzene rings is 4. The highest BCUT2D eigenvalue weighted by molar-refractivity contribution is 9.10. The standard InChI is InChI=1S/C33H26BrClN2O8S/c1-3-43-29-18-22(17-28(34)30(29)45-46(41,42)26-14-4-20(2)5-15-26)16-27-31(38)36-33(40)37(32(27)39)24-10-12-25(13-11-24)44-19-21-6-8-23(35)9-7-21/h4-18H,3,19H2,1-2H3,(H,36,38,40)/b27-16+. The maximum Gasteiger partial charge on any atom is 0.339 e. The number of nitrogens with one attached hydrogen (secondary N) is 1. The van der Waals surface area contributed by atoms with Gasteiger partial charge in [0.2, 0.25) is 0 Å². The van der Waals surface area contributed by atoms with E-state index in [0.29, 0.717) is 16.3 Å². The molecule has 1 aliphatic rings. The van der Waals surface area contributed by atoms with E-state index >= 15 is 0 Å². The fraction of sp³-hybridized carbons (Fsp3) is 0.121. The summed E-state index contributed by atoms with van der Waals surface area (Å²) in [6.07, 6.45) is 1.27. The number of urea groups is 1. The number of hydrogen-bond acceptors (Lipinski definition) is 8. The Morgan fingerprint density at radius 2 is 1.59 bits per heavy atom. The first-order valence-corrected chi connectivity index (χ1v) is 16.4. The van der Waals surface area contributed by atoms with Gasteiger partial charge in [-0.2, -0.15) is 8.42 Å². The Hall–Kier alpha value is -4.65. The number of halogens is 2. The third-order valence-corrected chi connectivity index (χ3v) is 8.74. The Morgan fingerprint density at radius 3 is 2.24 bits per heavy atom. The predicted octanol–water partition coefficient (Wildman–Crippen LogP) is 6.82. The molecule has 0 aromatic heterocycles. The second kappa shape index (κ2) is 13.8. The van der Waals surface area contributed by atoms with Crippen molar-refractivity contribution in [2.24, 2.45) is 0 Å². The zero-order chi connectivity index (χ0) is 33.0. The van der Waals surface area contributed by atoms with Gasteiger partial charge < -0.3 is 13.7 Å². The van der Waals surface area contributed by atoms with Gasteiger partial charge in [-0.05, 0) is 108 Å². The summed E-state index contributed by atoms with van der Waals surface area (Å²) in [5.74, 6) is -1.33. The molecule has 1 saturated heterocycles. The van der Waals surface area contributed by atoms with Gasteiger partial charge in [0.25, 0.3) is 11.8 Å². The molecule has 13 heteroatoms. The van der Waals surface area contributed by atoms with E-state index in [1.165, 1.54) is 42.5 Å². The van der Waals surface area contributed by atoms with Crippen molar-refractivity contribution in [3.05, 3.63) is 117 Å². The van der Waals surface area contributed by atoms with Crippen LogP contribution >= 0.6 is 27.5 Å². The fourth-order valence-corrected chi connectivity index (χ4v) is 6.11. The van der Waals surface area contributed by atoms with Crippen LogP contribution in [0.25, 0.3) is 6.08 Å². The molecule has 4 aromatic rings. The number of nitrogens with zero attached hydrogens (tertiary/aromatic N) is 1. The molecule has 0 spiro atoms. The minimum atomic E-state index is -4.22. The zero-order valence-corrected chi connectivity index (χ0v) is 27.6. The number of rotatable bonds is 10. The fourth-order valence-electron chi connectivity index (χ4n) is 4.38. The first-order valence-electron chi connectivity index (χ1n) is 13.8. The normalized spacial score (nSPS) is 14.3. The van der Waals surface area contributed by atoms with E-state index in [-0.39, 0.29) is 45.3 Å². The van der Waals surface area contributed by atoms with Crippen molar-refractivity contribution in [3.63, 3.8) is 0 Å². The number of aryl methyl sites for hydroxylation is 1. The molecule has 1 N–H and O–H groups in total. The van der Waals surface area contributed by atoms with Crippen molar-refractivity contribution in [2.45, 2.75) is 25.3 Å². The van der Waals surface area contributed by atoms with E-state index in [1.807, 2.05) is 19.1 Å². The summed E-state index contributed by atoms with van der Waals surface area (Å²) in [6, 6.07) is 21.6. The third-order valence-electron chi connectivity index (χ3n) is 6.66. The summed E-state index contributed by atoms with van der Waals surface area (Å²) >= 11 is 9.25. The number of barbiturate groups is 1. The van der Waals surface area contributed by atoms with Crippen molar-refractivity contribution >= 4 is 67.3 Å². The topological polar surface area (TPSA) is 128 Å². The lowest BCUT2D eigenvalue weighted by Gasteiger charge is -2.26. The van der Waals surface area contributed by atoms with Crippen LogP contribution in [0.15, 0.2) is 99.9 Å². The zero-order valence-electron chi connectivity index (χ0n) is 24.5. The van der Waals surface area contributed by atoms with Gasteiger partial charge in [-0.15, -0.1) is 0 Å². The molecule has 0 saturated carbocycles. The van der Waals surface area contributed by atoms with Crippen LogP contribution in [0.4, 0.5) is 10.5 Å². The number of carbonyl (C=O) groups is 3. The van der Waals surface area contributed by atoms with Crippen LogP contribution in [0.5, 0.6) is 17.2 Å². The number of carbonyl (C=O) groups excluding carboxylic acids is 3. The molecule has 0 aliphatic carbocycles. The molecular formula is C33H26BrClN2O8S. The van der Waals surface area contributed by atoms with Crippen LogP contribution in [0.3, 0.4) is 0 Å². The third kappa shape index (κ3) is 7.41. The highest BCUT2D eigenvalue weighted by Gasteiger charge is 2.37. The highest BCUT2D eigenvalue weighted by atomic mass is 79.9. The van der Waals surface area contributed by atoms with Crippen molar-refractivity contribution in [1.82, 2.24) is 5.32 Å². The molecule has 4 amide bonds. The van der Waals surface area contributed by atoms with Crippen LogP contribution in [-0.4, -0.2) is 32.9 Å². The monoisotopic (exact) mass is 724 g/mol. The van der Waals surface area contributed by atoms with Gasteiger partial charge in [-0.25, -0.2) is 9.69 Å². The van der Waals surface area contributed by atoms with Gasteiger partial charge in [-0.1, -0.05) is 41.4 Å². The summed E-state index contributed by atoms with van der Waals surface area (Å²) in [6.45, 7) is 3.97. The van der Waals surface area contributed by atoms with E-state index in [9.17, 15) is 22.8 Å². The molecule has 0 unspecified atom stereocenters. The van der Waals surface area contributed by atoms with Crippen LogP contribution in [-0.2, 0) is 26.3 Å². The first kappa shape index (κ1) is 32.7. The Kier molecular flexibility index (Phi) is 9.80. The number of ether oxygens (including phenoxy) is 2. The van der Waals surface area contributed by atoms with Crippen molar-refractivity contribution in [3.8, 4) is 17.2 Å². The second-order valence-corrected chi connectivity index (χ2v) is 12.8. The highest BCUT2D eigenvalue weighted by Crippen LogP contribution is 2.39. The van der Waals surface area contributed by atoms with E-state index in [1.54, 1.807) is 43.3 Å². The molecule has 4 aromatic carbocycles. The van der Waals surface area contributed by atoms with Crippen molar-refractivity contribution in [1.29, 1.82) is 0 Å². The molecular weight excluding hydrogens is 700 g/mol. The smallest absolute Gasteiger partial charge is 0.339 e. The van der Waals surface area contributed by atoms with Crippen molar-refractivity contribution < 1.29 is 36.5 Å². The van der Waals surface area contributed by atoms with Gasteiger partial charge in [0.05, 0.1) is 16.8 Å². The van der Waals surface area contributed by atoms with Crippen LogP contribution < -0.4 is 23.9 Å². The minimum Gasteiger partial charge on any atom is -0.490 e. The molecule has 0 radical (unpaired) electrons. The van der Waals surface area contributed by atoms with Gasteiger partial charge in [0.15, 0.2) is 11.5 Å². The Balaban J connectivity index is 1.39. The molecule has 1 heterocycles. The number of hydrogen-bond donors (Lipinski definition) is 1. The van der Waals surface area contributed by atoms with Gasteiger partial charge in [0, 0.05) is 5.02 Å². The molecule has 1 fully saturated rings. The summed E-state index contributed by atoms with van der Waals surface area (Å²) < 4.78 is 43.0. The number of anilines is 1. The van der Waals surface area contributed by atoms with Gasteiger partial charge >= 0.3 is 16.1 Å². The quantitative estimate of drug-likeness (QED) is 0.107. The molecule has 0 atom stereocenters. The first-order chi connectivity index (χ1) is 21.9. The molecule has 1 aliphatic heterocycles. The lowest BCUT2D eigenvalue weighted by molar-refractivity contribution is -0.122. The van der Waals surface area contributed by atoms with E-state index in [0.717, 1.165) is 16.0 Å². The molecule has 10 nitrogen and oxygen atoms in total. The maximum absolute atomic E-state index is 13.5.